The van der Waals surface area contributed by atoms with Gasteiger partial charge in [0.15, 0.2) is 19.2 Å². The van der Waals surface area contributed by atoms with Gasteiger partial charge in [0, 0.05) is 85.1 Å². The highest BCUT2D eigenvalue weighted by atomic mass is 32.2. The molecule has 10 nitrogen and oxygen atoms in total. The van der Waals surface area contributed by atoms with Crippen molar-refractivity contribution in [2.24, 2.45) is 0 Å². The number of fused-ring (bicyclic) bond motifs is 6. The minimum atomic E-state index is -1.51. The molecule has 2 spiro atoms. The van der Waals surface area contributed by atoms with Gasteiger partial charge in [-0.1, -0.05) is 36.4 Å². The summed E-state index contributed by atoms with van der Waals surface area (Å²) in [4.78, 5) is 1.71. The van der Waals surface area contributed by atoms with Gasteiger partial charge in [-0.15, -0.1) is 0 Å². The van der Waals surface area contributed by atoms with Crippen LogP contribution < -0.4 is 75.4 Å². The lowest BCUT2D eigenvalue weighted by molar-refractivity contribution is -1.03. The van der Waals surface area contributed by atoms with Crippen LogP contribution in [0.5, 0.6) is 34.5 Å². The first-order valence-corrected chi connectivity index (χ1v) is 24.7. The van der Waals surface area contributed by atoms with Gasteiger partial charge in [-0.05, 0) is 83.3 Å². The highest BCUT2D eigenvalue weighted by molar-refractivity contribution is 7.92. The van der Waals surface area contributed by atoms with E-state index in [-0.39, 0.29) is 22.8 Å². The molecule has 0 saturated carbocycles. The fourth-order valence-electron chi connectivity index (χ4n) is 15.0. The zero-order valence-electron chi connectivity index (χ0n) is 36.0. The van der Waals surface area contributed by atoms with Crippen LogP contribution in [0.4, 0.5) is 22.7 Å². The van der Waals surface area contributed by atoms with Crippen molar-refractivity contribution in [3.05, 3.63) is 170 Å². The topological polar surface area (TPSA) is 66.3 Å². The number of benzene rings is 6. The third kappa shape index (κ3) is 3.18. The third-order valence-electron chi connectivity index (χ3n) is 17.0. The van der Waals surface area contributed by atoms with E-state index in [1.54, 1.807) is 0 Å². The fourth-order valence-corrected chi connectivity index (χ4v) is 16.5. The van der Waals surface area contributed by atoms with E-state index in [4.69, 9.17) is 14.2 Å². The number of quaternary nitrogens is 2. The highest BCUT2D eigenvalue weighted by Crippen LogP contribution is 2.62. The monoisotopic (exact) mass is 902 g/mol. The number of rotatable bonds is 1. The lowest BCUT2D eigenvalue weighted by atomic mass is 9.38. The van der Waals surface area contributed by atoms with Crippen molar-refractivity contribution in [2.45, 2.75) is 9.79 Å². The molecular formula is C56H28B2N6O4S+6. The first-order chi connectivity index (χ1) is 34.2. The summed E-state index contributed by atoms with van der Waals surface area (Å²) in [6.45, 7) is -0.290. The lowest BCUT2D eigenvalue weighted by Gasteiger charge is -2.36. The molecule has 0 saturated heterocycles. The Morgan fingerprint density at radius 2 is 1.00 bits per heavy atom. The number of aromatic nitrogens is 4. The second-order valence-electron chi connectivity index (χ2n) is 19.6. The number of pyridine rings is 4. The van der Waals surface area contributed by atoms with Crippen molar-refractivity contribution in [3.63, 3.8) is 0 Å². The van der Waals surface area contributed by atoms with Gasteiger partial charge in [0.05, 0.1) is 25.8 Å². The van der Waals surface area contributed by atoms with E-state index in [0.29, 0.717) is 0 Å². The zero-order valence-corrected chi connectivity index (χ0v) is 36.9. The third-order valence-corrected chi connectivity index (χ3v) is 18.5. The van der Waals surface area contributed by atoms with Gasteiger partial charge in [0.25, 0.3) is 11.4 Å². The number of hydrogen-bond donors (Lipinski definition) is 0. The van der Waals surface area contributed by atoms with E-state index in [1.165, 1.54) is 11.2 Å². The number of para-hydroxylation sites is 2. The normalized spacial score (nSPS) is 20.5. The molecule has 10 aromatic rings. The summed E-state index contributed by atoms with van der Waals surface area (Å²) in [5.74, 6) is 4.89. The Bertz CT molecular complexity index is 4390. The first-order valence-electron chi connectivity index (χ1n) is 23.5. The Morgan fingerprint density at radius 3 is 1.81 bits per heavy atom. The molecule has 69 heavy (non-hydrogen) atoms. The van der Waals surface area contributed by atoms with Gasteiger partial charge in [0.2, 0.25) is 59.0 Å². The van der Waals surface area contributed by atoms with Crippen LogP contribution in [-0.4, -0.2) is 18.0 Å². The summed E-state index contributed by atoms with van der Waals surface area (Å²) in [5, 5.41) is 0. The summed E-state index contributed by atoms with van der Waals surface area (Å²) in [7, 11) is 0. The van der Waals surface area contributed by atoms with Crippen LogP contribution in [0.15, 0.2) is 180 Å². The van der Waals surface area contributed by atoms with Crippen molar-refractivity contribution < 1.29 is 37.5 Å². The fraction of sp³-hybridized carbons (Fsp3) is 0. The number of ether oxygens (including phenoxy) is 3. The molecule has 3 unspecified atom stereocenters. The Hall–Kier alpha value is -8.32. The molecule has 6 aromatic carbocycles. The van der Waals surface area contributed by atoms with Crippen LogP contribution in [0.25, 0.3) is 55.9 Å². The van der Waals surface area contributed by atoms with E-state index in [2.05, 4.69) is 189 Å². The average Bonchev–Trinajstić information content (AvgIpc) is 4.11. The Balaban J connectivity index is 0.975. The van der Waals surface area contributed by atoms with Crippen LogP contribution in [-0.2, 0) is 11.2 Å². The van der Waals surface area contributed by atoms with Crippen LogP contribution in [0.2, 0.25) is 0 Å². The maximum absolute atomic E-state index is 15.8. The molecule has 0 fully saturated rings. The number of hydrogen-bond acceptors (Lipinski definition) is 4. The summed E-state index contributed by atoms with van der Waals surface area (Å²) < 4.78 is 47.6. The molecular weight excluding hydrogens is 874 g/mol. The average molecular weight is 903 g/mol. The second-order valence-corrected chi connectivity index (χ2v) is 21.0. The standard InChI is InChI=1S/C56H28B2N6O4S/c65-69-43-20-8-10-30-31-14-9-26-61-55(31)58(47(30)43)49-44(69)28-35(54-53(49)64(61)51-33(12-6-19-41(51)68-54)37-16-2-4-25-60(37)64)29-23-27-62-56-45(29)34-13-7-17-38-46(34)57(56)48-39(66-38)21-22-42-52(48)63(62)50-32(11-5-18-40(50)67-42)36-15-1-3-24-59(36)63/h1-28H/q+6. The molecule has 10 aliphatic heterocycles. The van der Waals surface area contributed by atoms with Gasteiger partial charge in [-0.2, -0.15) is 0 Å². The Kier molecular flexibility index (Phi) is 5.20. The van der Waals surface area contributed by atoms with Crippen LogP contribution in [0, 0.1) is 0 Å². The van der Waals surface area contributed by atoms with E-state index in [1.807, 2.05) is 0 Å². The molecule has 312 valence electrons. The molecule has 0 N–H and O–H groups in total. The van der Waals surface area contributed by atoms with Crippen LogP contribution in [0.1, 0.15) is 0 Å². The SMILES string of the molecule is [O-][S+]1c2cccc3c2B2c4c1cc(-c1cc[n+]5c6c1-c1cccc7c1B6c1c(ccc6c1[N+]51c5c(cccc5-c5cccc[n+]51)O6)O7)c1c4[N+]4(c5c(cccc5-c5cccc[n+]54)O1)[n+]1cccc-3c12. The highest BCUT2D eigenvalue weighted by Gasteiger charge is 2.77. The maximum atomic E-state index is 15.8. The van der Waals surface area contributed by atoms with E-state index < -0.39 is 11.2 Å². The largest absolute Gasteiger partial charge is 0.606 e. The minimum absolute atomic E-state index is 0.131. The number of nitrogens with zero attached hydrogens (tertiary/aromatic N) is 6. The van der Waals surface area contributed by atoms with Gasteiger partial charge >= 0.3 is 36.2 Å². The smallest absolute Gasteiger partial charge is 0.354 e. The molecule has 10 aliphatic rings. The zero-order chi connectivity index (χ0) is 44.1. The predicted molar refractivity (Wildman–Crippen MR) is 259 cm³/mol. The van der Waals surface area contributed by atoms with Gasteiger partial charge in [-0.3, -0.25) is 0 Å². The Morgan fingerprint density at radius 1 is 0.391 bits per heavy atom. The van der Waals surface area contributed by atoms with E-state index in [0.717, 1.165) is 145 Å². The van der Waals surface area contributed by atoms with Crippen molar-refractivity contribution >= 4 is 80.4 Å². The molecule has 14 heterocycles. The summed E-state index contributed by atoms with van der Waals surface area (Å²) in [6.07, 6.45) is 8.95. The molecule has 13 heteroatoms. The van der Waals surface area contributed by atoms with Gasteiger partial charge in [-0.25, -0.2) is 0 Å². The predicted octanol–water partition coefficient (Wildman–Crippen LogP) is 5.01. The van der Waals surface area contributed by atoms with Gasteiger partial charge < -0.3 is 18.8 Å². The molecule has 4 aromatic heterocycles. The van der Waals surface area contributed by atoms with E-state index >= 15 is 4.55 Å². The first kappa shape index (κ1) is 34.0. The molecule has 0 bridgehead atoms. The quantitative estimate of drug-likeness (QED) is 0.101. The molecule has 0 radical (unpaired) electrons. The minimum Gasteiger partial charge on any atom is -0.606 e. The molecule has 3 atom stereocenters. The summed E-state index contributed by atoms with van der Waals surface area (Å²) in [5.41, 5.74) is 21.9. The van der Waals surface area contributed by atoms with Gasteiger partial charge in [0.1, 0.15) is 22.6 Å². The molecule has 20 rings (SSSR count). The van der Waals surface area contributed by atoms with Crippen LogP contribution >= 0.6 is 0 Å². The van der Waals surface area contributed by atoms with Crippen molar-refractivity contribution in [1.29, 1.82) is 0 Å². The second kappa shape index (κ2) is 10.5. The summed E-state index contributed by atoms with van der Waals surface area (Å²) >= 11 is -1.51. The van der Waals surface area contributed by atoms with Crippen molar-refractivity contribution in [1.82, 2.24) is 9.40 Å². The molecule has 0 amide bonds. The van der Waals surface area contributed by atoms with Crippen molar-refractivity contribution in [2.75, 3.05) is 0 Å². The van der Waals surface area contributed by atoms with Crippen molar-refractivity contribution in [3.8, 4) is 90.4 Å². The molecule has 0 aliphatic carbocycles. The Labute approximate surface area is 396 Å². The van der Waals surface area contributed by atoms with E-state index in [9.17, 15) is 0 Å². The summed E-state index contributed by atoms with van der Waals surface area (Å²) in [6, 6.07) is 51.8. The maximum Gasteiger partial charge on any atom is 0.354 e. The lowest BCUT2D eigenvalue weighted by Crippen LogP contribution is -2.92. The van der Waals surface area contributed by atoms with Crippen LogP contribution in [0.3, 0.4) is 0 Å².